The summed E-state index contributed by atoms with van der Waals surface area (Å²) in [6, 6.07) is 22.1. The monoisotopic (exact) mass is 369 g/mol. The van der Waals surface area contributed by atoms with E-state index in [2.05, 4.69) is 0 Å². The van der Waals surface area contributed by atoms with Crippen molar-refractivity contribution in [3.8, 4) is 5.75 Å². The number of para-hydroxylation sites is 1. The molecule has 4 rings (SSSR count). The van der Waals surface area contributed by atoms with E-state index in [1.54, 1.807) is 25.3 Å². The molecule has 0 spiro atoms. The Labute approximate surface area is 163 Å². The lowest BCUT2D eigenvalue weighted by Gasteiger charge is -2.29. The molecule has 0 bridgehead atoms. The first-order valence-electron chi connectivity index (χ1n) is 8.99. The quantitative estimate of drug-likeness (QED) is 0.495. The van der Waals surface area contributed by atoms with Crippen LogP contribution >= 0.6 is 0 Å². The molecule has 0 aromatic heterocycles. The van der Waals surface area contributed by atoms with Crippen molar-refractivity contribution in [3.05, 3.63) is 95.1 Å². The molecule has 1 aliphatic rings. The highest BCUT2D eigenvalue weighted by atomic mass is 16.5. The molecule has 138 valence electrons. The number of anilines is 1. The van der Waals surface area contributed by atoms with Crippen molar-refractivity contribution in [3.63, 3.8) is 0 Å². The van der Waals surface area contributed by atoms with E-state index in [1.165, 1.54) is 4.90 Å². The Hall–Kier alpha value is -3.66. The zero-order valence-corrected chi connectivity index (χ0v) is 15.7. The van der Waals surface area contributed by atoms with Crippen molar-refractivity contribution >= 4 is 29.2 Å². The predicted octanol–water partition coefficient (Wildman–Crippen LogP) is 4.73. The predicted molar refractivity (Wildman–Crippen MR) is 110 cm³/mol. The number of nitrogens with zero attached hydrogens (tertiary/aromatic N) is 1. The summed E-state index contributed by atoms with van der Waals surface area (Å²) >= 11 is 0. The summed E-state index contributed by atoms with van der Waals surface area (Å²) < 4.78 is 5.28. The van der Waals surface area contributed by atoms with Gasteiger partial charge in [-0.15, -0.1) is 0 Å². The van der Waals surface area contributed by atoms with Crippen molar-refractivity contribution < 1.29 is 14.3 Å². The number of carbonyl (C=O) groups is 2. The molecule has 4 nitrogen and oxygen atoms in total. The third-order valence-electron chi connectivity index (χ3n) is 4.85. The van der Waals surface area contributed by atoms with Crippen molar-refractivity contribution in [1.29, 1.82) is 0 Å². The van der Waals surface area contributed by atoms with E-state index in [0.717, 1.165) is 11.1 Å². The standard InChI is InChI=1S/C24H19NO3/c1-16-8-3-6-13-22(16)25-23(26)20-12-5-4-11-19(20)21(24(25)27)15-17-9-7-10-18(14-17)28-2/h3-15H,1-2H3/b21-15-. The topological polar surface area (TPSA) is 46.6 Å². The highest BCUT2D eigenvalue weighted by Crippen LogP contribution is 2.34. The minimum Gasteiger partial charge on any atom is -0.497 e. The van der Waals surface area contributed by atoms with Crippen LogP contribution in [0.5, 0.6) is 5.75 Å². The maximum absolute atomic E-state index is 13.4. The van der Waals surface area contributed by atoms with Crippen LogP contribution in [0.3, 0.4) is 0 Å². The average molecular weight is 369 g/mol. The number of methoxy groups -OCH3 is 1. The number of rotatable bonds is 3. The van der Waals surface area contributed by atoms with E-state index in [-0.39, 0.29) is 11.8 Å². The molecular weight excluding hydrogens is 350 g/mol. The van der Waals surface area contributed by atoms with Crippen molar-refractivity contribution in [2.45, 2.75) is 6.92 Å². The van der Waals surface area contributed by atoms with Gasteiger partial charge in [0.25, 0.3) is 11.8 Å². The van der Waals surface area contributed by atoms with Gasteiger partial charge in [0.05, 0.1) is 12.8 Å². The maximum atomic E-state index is 13.4. The van der Waals surface area contributed by atoms with E-state index < -0.39 is 0 Å². The number of hydrogen-bond acceptors (Lipinski definition) is 3. The van der Waals surface area contributed by atoms with Crippen molar-refractivity contribution in [2.24, 2.45) is 0 Å². The molecule has 2 amide bonds. The summed E-state index contributed by atoms with van der Waals surface area (Å²) in [5.41, 5.74) is 3.93. The first-order valence-corrected chi connectivity index (χ1v) is 8.99. The Balaban J connectivity index is 1.91. The molecule has 0 aliphatic carbocycles. The summed E-state index contributed by atoms with van der Waals surface area (Å²) in [7, 11) is 1.60. The average Bonchev–Trinajstić information content (AvgIpc) is 2.73. The van der Waals surface area contributed by atoms with Crippen molar-refractivity contribution in [2.75, 3.05) is 12.0 Å². The molecule has 4 heteroatoms. The van der Waals surface area contributed by atoms with E-state index >= 15 is 0 Å². The van der Waals surface area contributed by atoms with Gasteiger partial charge in [0, 0.05) is 11.1 Å². The molecule has 0 atom stereocenters. The molecule has 1 aliphatic heterocycles. The number of aryl methyl sites for hydroxylation is 1. The zero-order valence-electron chi connectivity index (χ0n) is 15.7. The molecular formula is C24H19NO3. The van der Waals surface area contributed by atoms with Crippen LogP contribution in [0.1, 0.15) is 27.0 Å². The van der Waals surface area contributed by atoms with Crippen LogP contribution in [0.25, 0.3) is 11.6 Å². The largest absolute Gasteiger partial charge is 0.497 e. The summed E-state index contributed by atoms with van der Waals surface area (Å²) in [5, 5.41) is 0. The molecule has 0 saturated heterocycles. The lowest BCUT2D eigenvalue weighted by atomic mass is 9.91. The number of hydrogen-bond donors (Lipinski definition) is 0. The van der Waals surface area contributed by atoms with Crippen LogP contribution in [0, 0.1) is 6.92 Å². The number of benzene rings is 3. The molecule has 1 heterocycles. The molecule has 0 fully saturated rings. The number of ether oxygens (including phenoxy) is 1. The number of fused-ring (bicyclic) bond motifs is 1. The van der Waals surface area contributed by atoms with E-state index in [0.29, 0.717) is 28.1 Å². The van der Waals surface area contributed by atoms with Gasteiger partial charge in [-0.2, -0.15) is 0 Å². The van der Waals surface area contributed by atoms with Crippen LogP contribution in [-0.4, -0.2) is 18.9 Å². The zero-order chi connectivity index (χ0) is 19.7. The second kappa shape index (κ2) is 7.16. The molecule has 28 heavy (non-hydrogen) atoms. The van der Waals surface area contributed by atoms with Crippen LogP contribution in [0.15, 0.2) is 72.8 Å². The van der Waals surface area contributed by atoms with Crippen LogP contribution in [0.4, 0.5) is 5.69 Å². The molecule has 0 N–H and O–H groups in total. The lowest BCUT2D eigenvalue weighted by Crippen LogP contribution is -2.42. The van der Waals surface area contributed by atoms with E-state index in [9.17, 15) is 9.59 Å². The molecule has 3 aromatic carbocycles. The minimum absolute atomic E-state index is 0.308. The molecule has 0 saturated carbocycles. The fourth-order valence-corrected chi connectivity index (χ4v) is 3.42. The Morgan fingerprint density at radius 2 is 1.54 bits per heavy atom. The molecule has 3 aromatic rings. The Bertz CT molecular complexity index is 1110. The van der Waals surface area contributed by atoms with Gasteiger partial charge in [-0.05, 0) is 54.0 Å². The van der Waals surface area contributed by atoms with Gasteiger partial charge in [0.2, 0.25) is 0 Å². The summed E-state index contributed by atoms with van der Waals surface area (Å²) in [6.07, 6.45) is 1.81. The van der Waals surface area contributed by atoms with Crippen LogP contribution in [-0.2, 0) is 4.79 Å². The van der Waals surface area contributed by atoms with Crippen LogP contribution < -0.4 is 9.64 Å². The summed E-state index contributed by atoms with van der Waals surface area (Å²) in [5.74, 6) is 0.0660. The number of carbonyl (C=O) groups excluding carboxylic acids is 2. The van der Waals surface area contributed by atoms with Gasteiger partial charge in [-0.1, -0.05) is 48.5 Å². The SMILES string of the molecule is COc1cccc(/C=C2\C(=O)N(c3ccccc3C)C(=O)c3ccccc32)c1. The second-order valence-electron chi connectivity index (χ2n) is 6.61. The van der Waals surface area contributed by atoms with E-state index in [4.69, 9.17) is 4.74 Å². The molecule has 0 radical (unpaired) electrons. The van der Waals surface area contributed by atoms with Gasteiger partial charge in [-0.25, -0.2) is 4.90 Å². The lowest BCUT2D eigenvalue weighted by molar-refractivity contribution is -0.112. The maximum Gasteiger partial charge on any atom is 0.265 e. The normalized spacial score (nSPS) is 14.9. The number of imide groups is 1. The Morgan fingerprint density at radius 1 is 0.821 bits per heavy atom. The van der Waals surface area contributed by atoms with Gasteiger partial charge in [-0.3, -0.25) is 9.59 Å². The van der Waals surface area contributed by atoms with Gasteiger partial charge >= 0.3 is 0 Å². The molecule has 0 unspecified atom stereocenters. The summed E-state index contributed by atoms with van der Waals surface area (Å²) in [6.45, 7) is 1.89. The van der Waals surface area contributed by atoms with E-state index in [1.807, 2.05) is 67.6 Å². The third-order valence-corrected chi connectivity index (χ3v) is 4.85. The smallest absolute Gasteiger partial charge is 0.265 e. The minimum atomic E-state index is -0.333. The third kappa shape index (κ3) is 2.99. The first-order chi connectivity index (χ1) is 13.6. The van der Waals surface area contributed by atoms with Crippen LogP contribution in [0.2, 0.25) is 0 Å². The fourth-order valence-electron chi connectivity index (χ4n) is 3.42. The summed E-state index contributed by atoms with van der Waals surface area (Å²) in [4.78, 5) is 27.8. The van der Waals surface area contributed by atoms with Gasteiger partial charge < -0.3 is 4.74 Å². The Morgan fingerprint density at radius 3 is 2.29 bits per heavy atom. The second-order valence-corrected chi connectivity index (χ2v) is 6.61. The highest BCUT2D eigenvalue weighted by molar-refractivity contribution is 6.43. The first kappa shape index (κ1) is 17.7. The highest BCUT2D eigenvalue weighted by Gasteiger charge is 2.36. The fraction of sp³-hybridized carbons (Fsp3) is 0.0833. The van der Waals surface area contributed by atoms with Crippen molar-refractivity contribution in [1.82, 2.24) is 0 Å². The van der Waals surface area contributed by atoms with Gasteiger partial charge in [0.1, 0.15) is 5.75 Å². The van der Waals surface area contributed by atoms with Gasteiger partial charge in [0.15, 0.2) is 0 Å². The Kier molecular flexibility index (Phi) is 4.53. The number of amides is 2.